The van der Waals surface area contributed by atoms with Crippen molar-refractivity contribution < 1.29 is 14.4 Å². The molecule has 142 valence electrons. The van der Waals surface area contributed by atoms with Crippen molar-refractivity contribution in [3.05, 3.63) is 62.5 Å². The summed E-state index contributed by atoms with van der Waals surface area (Å²) in [6.07, 6.45) is 0.0916. The Hall–Kier alpha value is -1.89. The second-order valence-electron chi connectivity index (χ2n) is 5.82. The van der Waals surface area contributed by atoms with Crippen LogP contribution in [-0.2, 0) is 9.59 Å². The van der Waals surface area contributed by atoms with Crippen molar-refractivity contribution in [2.24, 2.45) is 0 Å². The Bertz CT molecular complexity index is 836. The number of rotatable bonds is 7. The van der Waals surface area contributed by atoms with Gasteiger partial charge in [-0.25, -0.2) is 0 Å². The van der Waals surface area contributed by atoms with Crippen LogP contribution in [0.15, 0.2) is 46.9 Å². The highest BCUT2D eigenvalue weighted by molar-refractivity contribution is 9.10. The van der Waals surface area contributed by atoms with Gasteiger partial charge in [0.25, 0.3) is 0 Å². The highest BCUT2D eigenvalue weighted by Gasteiger charge is 2.17. The topological polar surface area (TPSA) is 66.5 Å². The van der Waals surface area contributed by atoms with E-state index in [2.05, 4.69) is 21.2 Å². The SMILES string of the molecule is CN(CC(=O)Nc1c(Cl)cccc1Cl)C(=O)CCC(=O)c1ccc(Br)cc1. The molecule has 0 bridgehead atoms. The van der Waals surface area contributed by atoms with E-state index in [0.29, 0.717) is 21.3 Å². The van der Waals surface area contributed by atoms with Gasteiger partial charge in [0.2, 0.25) is 11.8 Å². The van der Waals surface area contributed by atoms with Crippen LogP contribution in [-0.4, -0.2) is 36.1 Å². The number of hydrogen-bond acceptors (Lipinski definition) is 3. The van der Waals surface area contributed by atoms with Crippen molar-refractivity contribution in [1.29, 1.82) is 0 Å². The van der Waals surface area contributed by atoms with Crippen molar-refractivity contribution >= 4 is 62.4 Å². The smallest absolute Gasteiger partial charge is 0.244 e. The lowest BCUT2D eigenvalue weighted by Gasteiger charge is -2.17. The maximum absolute atomic E-state index is 12.2. The van der Waals surface area contributed by atoms with Gasteiger partial charge in [-0.15, -0.1) is 0 Å². The van der Waals surface area contributed by atoms with Crippen molar-refractivity contribution in [3.63, 3.8) is 0 Å². The average molecular weight is 472 g/mol. The molecule has 2 aromatic rings. The summed E-state index contributed by atoms with van der Waals surface area (Å²) in [7, 11) is 1.50. The lowest BCUT2D eigenvalue weighted by Crippen LogP contribution is -2.35. The monoisotopic (exact) mass is 470 g/mol. The van der Waals surface area contributed by atoms with Gasteiger partial charge in [0.15, 0.2) is 5.78 Å². The van der Waals surface area contributed by atoms with Gasteiger partial charge in [-0.3, -0.25) is 14.4 Å². The Morgan fingerprint density at radius 1 is 1.00 bits per heavy atom. The number of halogens is 3. The highest BCUT2D eigenvalue weighted by Crippen LogP contribution is 2.29. The number of benzene rings is 2. The number of carbonyl (C=O) groups is 3. The third-order valence-corrected chi connectivity index (χ3v) is 4.92. The van der Waals surface area contributed by atoms with Crippen LogP contribution >= 0.6 is 39.1 Å². The molecule has 0 spiro atoms. The Labute approximate surface area is 175 Å². The minimum atomic E-state index is -0.430. The van der Waals surface area contributed by atoms with E-state index in [0.717, 1.165) is 4.47 Å². The van der Waals surface area contributed by atoms with E-state index >= 15 is 0 Å². The van der Waals surface area contributed by atoms with E-state index < -0.39 is 5.91 Å². The molecule has 2 amide bonds. The van der Waals surface area contributed by atoms with Gasteiger partial charge < -0.3 is 10.2 Å². The number of para-hydroxylation sites is 1. The molecular weight excluding hydrogens is 455 g/mol. The molecule has 27 heavy (non-hydrogen) atoms. The molecule has 8 heteroatoms. The first kappa shape index (κ1) is 21.4. The third kappa shape index (κ3) is 6.34. The van der Waals surface area contributed by atoms with E-state index in [1.807, 2.05) is 0 Å². The fourth-order valence-corrected chi connectivity index (χ4v) is 3.05. The van der Waals surface area contributed by atoms with Gasteiger partial charge in [-0.05, 0) is 24.3 Å². The second kappa shape index (κ2) is 9.88. The highest BCUT2D eigenvalue weighted by atomic mass is 79.9. The summed E-state index contributed by atoms with van der Waals surface area (Å²) in [6.45, 7) is -0.174. The number of Topliss-reactive ketones (excluding diaryl/α,β-unsaturated/α-hetero) is 1. The van der Waals surface area contributed by atoms with E-state index in [1.54, 1.807) is 42.5 Å². The molecule has 0 aliphatic carbocycles. The maximum Gasteiger partial charge on any atom is 0.244 e. The molecule has 0 aliphatic rings. The molecule has 0 fully saturated rings. The van der Waals surface area contributed by atoms with Gasteiger partial charge in [0.1, 0.15) is 0 Å². The van der Waals surface area contributed by atoms with Crippen LogP contribution in [0.4, 0.5) is 5.69 Å². The quantitative estimate of drug-likeness (QED) is 0.589. The maximum atomic E-state index is 12.2. The first-order chi connectivity index (χ1) is 12.8. The van der Waals surface area contributed by atoms with Gasteiger partial charge in [0.05, 0.1) is 22.3 Å². The minimum absolute atomic E-state index is 0.0194. The fraction of sp³-hybridized carbons (Fsp3) is 0.211. The lowest BCUT2D eigenvalue weighted by atomic mass is 10.1. The number of nitrogens with one attached hydrogen (secondary N) is 1. The minimum Gasteiger partial charge on any atom is -0.336 e. The van der Waals surface area contributed by atoms with Crippen molar-refractivity contribution in [3.8, 4) is 0 Å². The van der Waals surface area contributed by atoms with Gasteiger partial charge in [0, 0.05) is 29.9 Å². The summed E-state index contributed by atoms with van der Waals surface area (Å²) >= 11 is 15.3. The number of amides is 2. The lowest BCUT2D eigenvalue weighted by molar-refractivity contribution is -0.133. The van der Waals surface area contributed by atoms with E-state index in [4.69, 9.17) is 23.2 Å². The molecule has 0 unspecified atom stereocenters. The molecule has 0 aromatic heterocycles. The first-order valence-corrected chi connectivity index (χ1v) is 9.59. The van der Waals surface area contributed by atoms with Crippen LogP contribution in [0.5, 0.6) is 0 Å². The van der Waals surface area contributed by atoms with E-state index in [9.17, 15) is 14.4 Å². The molecule has 2 aromatic carbocycles. The summed E-state index contributed by atoms with van der Waals surface area (Å²) in [5, 5.41) is 3.21. The van der Waals surface area contributed by atoms with E-state index in [-0.39, 0.29) is 31.1 Å². The van der Waals surface area contributed by atoms with Crippen molar-refractivity contribution in [2.75, 3.05) is 18.9 Å². The Morgan fingerprint density at radius 2 is 1.59 bits per heavy atom. The summed E-state index contributed by atoms with van der Waals surface area (Å²) < 4.78 is 0.875. The van der Waals surface area contributed by atoms with Crippen molar-refractivity contribution in [2.45, 2.75) is 12.8 Å². The number of ketones is 1. The molecule has 1 N–H and O–H groups in total. The normalized spacial score (nSPS) is 10.4. The van der Waals surface area contributed by atoms with Crippen LogP contribution in [0.3, 0.4) is 0 Å². The molecule has 5 nitrogen and oxygen atoms in total. The summed E-state index contributed by atoms with van der Waals surface area (Å²) in [5.41, 5.74) is 0.844. The third-order valence-electron chi connectivity index (χ3n) is 3.77. The van der Waals surface area contributed by atoms with Gasteiger partial charge in [-0.2, -0.15) is 0 Å². The predicted molar refractivity (Wildman–Crippen MR) is 110 cm³/mol. The fourth-order valence-electron chi connectivity index (χ4n) is 2.29. The molecule has 0 heterocycles. The molecule has 2 rings (SSSR count). The average Bonchev–Trinajstić information content (AvgIpc) is 2.63. The number of anilines is 1. The summed E-state index contributed by atoms with van der Waals surface area (Å²) in [6, 6.07) is 11.8. The zero-order chi connectivity index (χ0) is 20.0. The van der Waals surface area contributed by atoms with Crippen LogP contribution in [0.1, 0.15) is 23.2 Å². The number of carbonyl (C=O) groups excluding carboxylic acids is 3. The van der Waals surface area contributed by atoms with Crippen molar-refractivity contribution in [1.82, 2.24) is 4.90 Å². The van der Waals surface area contributed by atoms with Crippen LogP contribution in [0.2, 0.25) is 10.0 Å². The summed E-state index contributed by atoms with van der Waals surface area (Å²) in [4.78, 5) is 37.7. The molecule has 0 radical (unpaired) electrons. The van der Waals surface area contributed by atoms with Gasteiger partial charge >= 0.3 is 0 Å². The van der Waals surface area contributed by atoms with E-state index in [1.165, 1.54) is 11.9 Å². The molecule has 0 saturated carbocycles. The molecule has 0 saturated heterocycles. The molecule has 0 aliphatic heterocycles. The van der Waals surface area contributed by atoms with Crippen LogP contribution < -0.4 is 5.32 Å². The van der Waals surface area contributed by atoms with Crippen LogP contribution in [0, 0.1) is 0 Å². The Morgan fingerprint density at radius 3 is 2.19 bits per heavy atom. The first-order valence-electron chi connectivity index (χ1n) is 8.04. The standard InChI is InChI=1S/C19H17BrCl2N2O3/c1-24(11-17(26)23-19-14(21)3-2-4-15(19)22)18(27)10-9-16(25)12-5-7-13(20)8-6-12/h2-8H,9-11H2,1H3,(H,23,26). The number of likely N-dealkylation sites (N-methyl/N-ethyl adjacent to an activating group) is 1. The van der Waals surface area contributed by atoms with Gasteiger partial charge in [-0.1, -0.05) is 57.3 Å². The Kier molecular flexibility index (Phi) is 7.83. The number of hydrogen-bond donors (Lipinski definition) is 1. The second-order valence-corrected chi connectivity index (χ2v) is 7.55. The van der Waals surface area contributed by atoms with Crippen LogP contribution in [0.25, 0.3) is 0 Å². The zero-order valence-corrected chi connectivity index (χ0v) is 17.6. The largest absolute Gasteiger partial charge is 0.336 e. The Balaban J connectivity index is 1.85. The molecule has 0 atom stereocenters. The predicted octanol–water partition coefficient (Wildman–Crippen LogP) is 4.82. The summed E-state index contributed by atoms with van der Waals surface area (Å²) in [5.74, 6) is -0.863. The molecular formula is C19H17BrCl2N2O3. The number of nitrogens with zero attached hydrogens (tertiary/aromatic N) is 1. The zero-order valence-electron chi connectivity index (χ0n) is 14.5.